The van der Waals surface area contributed by atoms with E-state index in [4.69, 9.17) is 8.57 Å². The minimum atomic E-state index is -4.20. The second kappa shape index (κ2) is 7.34. The molecule has 10 heteroatoms. The molecule has 0 atom stereocenters. The van der Waals surface area contributed by atoms with E-state index >= 15 is 0 Å². The molecule has 2 fully saturated rings. The summed E-state index contributed by atoms with van der Waals surface area (Å²) in [6, 6.07) is 0. The van der Waals surface area contributed by atoms with Crippen molar-refractivity contribution in [3.8, 4) is 0 Å². The van der Waals surface area contributed by atoms with Crippen LogP contribution in [0.1, 0.15) is 38.5 Å². The van der Waals surface area contributed by atoms with Crippen LogP contribution in [0.15, 0.2) is 0 Å². The molecule has 2 heterocycles. The Morgan fingerprint density at radius 3 is 1.29 bits per heavy atom. The van der Waals surface area contributed by atoms with Crippen molar-refractivity contribution in [3.63, 3.8) is 0 Å². The van der Waals surface area contributed by atoms with Gasteiger partial charge in [-0.3, -0.25) is 0 Å². The van der Waals surface area contributed by atoms with Crippen LogP contribution in [0.2, 0.25) is 0 Å². The Labute approximate surface area is 126 Å². The minimum absolute atomic E-state index is 0.492. The van der Waals surface area contributed by atoms with E-state index in [1.165, 1.54) is 10.1 Å². The summed E-state index contributed by atoms with van der Waals surface area (Å²) in [6.07, 6.45) is 5.41. The lowest BCUT2D eigenvalue weighted by Crippen LogP contribution is -2.37. The smallest absolute Gasteiger partial charge is 0.197 e. The van der Waals surface area contributed by atoms with Crippen LogP contribution in [0.25, 0.3) is 0 Å². The molecule has 0 N–H and O–H groups in total. The molecule has 0 saturated carbocycles. The lowest BCUT2D eigenvalue weighted by Gasteiger charge is -2.26. The summed E-state index contributed by atoms with van der Waals surface area (Å²) in [5, 5.41) is 1.44. The average Bonchev–Trinajstić information content (AvgIpc) is 2.38. The van der Waals surface area contributed by atoms with Crippen LogP contribution < -0.4 is 0 Å². The van der Waals surface area contributed by atoms with Crippen molar-refractivity contribution < 1.29 is 25.4 Å². The molecular formula is C11H22N2O6S2. The van der Waals surface area contributed by atoms with Gasteiger partial charge in [-0.2, -0.15) is 35.5 Å². The zero-order valence-corrected chi connectivity index (χ0v) is 13.6. The molecule has 2 aliphatic heterocycles. The topological polar surface area (TPSA) is 93.2 Å². The summed E-state index contributed by atoms with van der Waals surface area (Å²) in [6.45, 7) is 1.97. The van der Waals surface area contributed by atoms with Gasteiger partial charge in [0.25, 0.3) is 0 Å². The van der Waals surface area contributed by atoms with Crippen molar-refractivity contribution in [3.05, 3.63) is 0 Å². The number of hydroxylamine groups is 4. The highest BCUT2D eigenvalue weighted by molar-refractivity contribution is 8.03. The second-order valence-corrected chi connectivity index (χ2v) is 8.83. The van der Waals surface area contributed by atoms with Gasteiger partial charge in [0.1, 0.15) is 0 Å². The summed E-state index contributed by atoms with van der Waals surface area (Å²) >= 11 is 0. The number of hydrogen-bond donors (Lipinski definition) is 0. The van der Waals surface area contributed by atoms with Gasteiger partial charge in [-0.25, -0.2) is 0 Å². The van der Waals surface area contributed by atoms with Gasteiger partial charge in [-0.15, -0.1) is 0 Å². The molecular weight excluding hydrogens is 320 g/mol. The lowest BCUT2D eigenvalue weighted by molar-refractivity contribution is -0.0685. The Morgan fingerprint density at radius 2 is 0.952 bits per heavy atom. The van der Waals surface area contributed by atoms with Gasteiger partial charge in [-0.05, 0) is 25.7 Å². The molecule has 124 valence electrons. The Balaban J connectivity index is 1.87. The van der Waals surface area contributed by atoms with Gasteiger partial charge in [-0.1, -0.05) is 12.8 Å². The van der Waals surface area contributed by atoms with E-state index in [0.717, 1.165) is 38.5 Å². The maximum Gasteiger partial charge on any atom is 0.300 e. The van der Waals surface area contributed by atoms with E-state index < -0.39 is 25.3 Å². The Hall–Kier alpha value is -0.260. The first kappa shape index (κ1) is 17.1. The first-order valence-corrected chi connectivity index (χ1v) is 10.4. The van der Waals surface area contributed by atoms with Crippen LogP contribution in [-0.2, 0) is 28.8 Å². The monoisotopic (exact) mass is 342 g/mol. The average molecular weight is 342 g/mol. The summed E-state index contributed by atoms with van der Waals surface area (Å²) in [7, 11) is -8.41. The van der Waals surface area contributed by atoms with E-state index in [1.54, 1.807) is 0 Å². The van der Waals surface area contributed by atoms with E-state index in [9.17, 15) is 16.8 Å². The molecule has 0 aromatic rings. The molecule has 0 radical (unpaired) electrons. The fraction of sp³-hybridized carbons (Fsp3) is 1.00. The van der Waals surface area contributed by atoms with Crippen molar-refractivity contribution in [1.82, 2.24) is 10.1 Å². The third-order valence-corrected chi connectivity index (χ3v) is 6.54. The molecule has 8 nitrogen and oxygen atoms in total. The van der Waals surface area contributed by atoms with Gasteiger partial charge in [0.15, 0.2) is 0 Å². The van der Waals surface area contributed by atoms with Gasteiger partial charge in [0.05, 0.1) is 0 Å². The molecule has 2 aliphatic rings. The highest BCUT2D eigenvalue weighted by Crippen LogP contribution is 2.15. The third kappa shape index (κ3) is 6.17. The second-order valence-electron chi connectivity index (χ2n) is 5.36. The van der Waals surface area contributed by atoms with E-state index in [-0.39, 0.29) is 0 Å². The molecule has 21 heavy (non-hydrogen) atoms. The maximum absolute atomic E-state index is 11.8. The minimum Gasteiger partial charge on any atom is -0.197 e. The molecule has 2 rings (SSSR count). The van der Waals surface area contributed by atoms with Crippen LogP contribution in [0.4, 0.5) is 0 Å². The number of nitrogens with zero attached hydrogens (tertiary/aromatic N) is 2. The van der Waals surface area contributed by atoms with Crippen molar-refractivity contribution in [2.24, 2.45) is 0 Å². The lowest BCUT2D eigenvalue weighted by atomic mass is 10.2. The Morgan fingerprint density at radius 1 is 0.619 bits per heavy atom. The van der Waals surface area contributed by atoms with Crippen LogP contribution >= 0.6 is 0 Å². The van der Waals surface area contributed by atoms with Gasteiger partial charge in [0.2, 0.25) is 5.08 Å². The molecule has 0 bridgehead atoms. The van der Waals surface area contributed by atoms with Crippen LogP contribution in [0, 0.1) is 0 Å². The zero-order chi connectivity index (χ0) is 15.3. The number of rotatable bonds is 6. The van der Waals surface area contributed by atoms with Gasteiger partial charge in [0, 0.05) is 26.2 Å². The first-order valence-electron chi connectivity index (χ1n) is 7.21. The van der Waals surface area contributed by atoms with E-state index in [1.807, 2.05) is 0 Å². The van der Waals surface area contributed by atoms with E-state index in [0.29, 0.717) is 26.2 Å². The maximum atomic E-state index is 11.8. The normalized spacial score (nSPS) is 23.2. The molecule has 0 aromatic carbocycles. The van der Waals surface area contributed by atoms with Crippen LogP contribution in [0.5, 0.6) is 0 Å². The van der Waals surface area contributed by atoms with Crippen molar-refractivity contribution in [1.29, 1.82) is 0 Å². The number of hydrogen-bond acceptors (Lipinski definition) is 8. The van der Waals surface area contributed by atoms with Gasteiger partial charge >= 0.3 is 20.2 Å². The van der Waals surface area contributed by atoms with Crippen LogP contribution in [-0.4, -0.2) is 58.2 Å². The fourth-order valence-corrected chi connectivity index (χ4v) is 5.12. The molecule has 0 spiro atoms. The van der Waals surface area contributed by atoms with Crippen LogP contribution in [0.3, 0.4) is 0 Å². The summed E-state index contributed by atoms with van der Waals surface area (Å²) in [4.78, 5) is 0. The van der Waals surface area contributed by atoms with Crippen molar-refractivity contribution in [2.75, 3.05) is 31.3 Å². The predicted octanol–water partition coefficient (Wildman–Crippen LogP) is 0.439. The Kier molecular flexibility index (Phi) is 5.97. The third-order valence-electron chi connectivity index (χ3n) is 3.36. The summed E-state index contributed by atoms with van der Waals surface area (Å²) in [5.74, 6) is 0. The largest absolute Gasteiger partial charge is 0.300 e. The highest BCUT2D eigenvalue weighted by Gasteiger charge is 2.30. The highest BCUT2D eigenvalue weighted by atomic mass is 32.3. The standard InChI is InChI=1S/C11H22N2O6S2/c14-20(15,18-12-7-3-1-4-8-12)11-21(16,17)19-13-9-5-2-6-10-13/h1-11H2. The first-order chi connectivity index (χ1) is 9.86. The van der Waals surface area contributed by atoms with Gasteiger partial charge < -0.3 is 0 Å². The van der Waals surface area contributed by atoms with E-state index in [2.05, 4.69) is 0 Å². The fourth-order valence-electron chi connectivity index (χ4n) is 2.42. The molecule has 0 aromatic heterocycles. The van der Waals surface area contributed by atoms with Crippen molar-refractivity contribution >= 4 is 20.2 Å². The molecule has 0 aliphatic carbocycles. The predicted molar refractivity (Wildman–Crippen MR) is 75.7 cm³/mol. The van der Waals surface area contributed by atoms with Crippen molar-refractivity contribution in [2.45, 2.75) is 38.5 Å². The molecule has 2 saturated heterocycles. The zero-order valence-electron chi connectivity index (χ0n) is 11.9. The quantitative estimate of drug-likeness (QED) is 0.686. The molecule has 0 unspecified atom stereocenters. The summed E-state index contributed by atoms with van der Waals surface area (Å²) in [5.41, 5.74) is 0. The molecule has 0 amide bonds. The SMILES string of the molecule is O=S(=O)(CS(=O)(=O)ON1CCCCC1)ON1CCCCC1. The number of piperidine rings is 2. The Bertz CT molecular complexity index is 473. The summed E-state index contributed by atoms with van der Waals surface area (Å²) < 4.78 is 56.9.